The van der Waals surface area contributed by atoms with Crippen molar-refractivity contribution in [2.24, 2.45) is 0 Å². The van der Waals surface area contributed by atoms with E-state index in [0.29, 0.717) is 10.6 Å². The number of hydrogen-bond acceptors (Lipinski definition) is 3. The fourth-order valence-electron chi connectivity index (χ4n) is 2.52. The van der Waals surface area contributed by atoms with E-state index in [0.717, 1.165) is 0 Å². The number of aliphatic carboxylic acids is 1. The minimum absolute atomic E-state index is 0.0966. The van der Waals surface area contributed by atoms with Crippen molar-refractivity contribution in [1.29, 1.82) is 0 Å². The molecule has 2 rings (SSSR count). The Morgan fingerprint density at radius 1 is 1.29 bits per heavy atom. The topological polar surface area (TPSA) is 83.5 Å². The minimum atomic E-state index is -1.07. The molecule has 1 saturated heterocycles. The minimum Gasteiger partial charge on any atom is -0.481 e. The van der Waals surface area contributed by atoms with Crippen LogP contribution in [0.1, 0.15) is 31.2 Å². The molecule has 0 aliphatic carbocycles. The van der Waals surface area contributed by atoms with Gasteiger partial charge in [-0.1, -0.05) is 29.3 Å². The molecule has 5 nitrogen and oxygen atoms in total. The lowest BCUT2D eigenvalue weighted by atomic mass is 9.70. The van der Waals surface area contributed by atoms with Gasteiger partial charge in [0.05, 0.1) is 15.5 Å². The summed E-state index contributed by atoms with van der Waals surface area (Å²) in [5, 5.41) is 11.8. The summed E-state index contributed by atoms with van der Waals surface area (Å²) in [7, 11) is 0. The van der Waals surface area contributed by atoms with Crippen molar-refractivity contribution in [3.05, 3.63) is 33.8 Å². The van der Waals surface area contributed by atoms with Gasteiger partial charge < -0.3 is 5.11 Å². The predicted molar refractivity (Wildman–Crippen MR) is 77.4 cm³/mol. The van der Waals surface area contributed by atoms with Crippen LogP contribution in [0.3, 0.4) is 0 Å². The standard InChI is InChI=1S/C14H13Cl2NO4/c15-9-2-1-8(7-10(9)16)14(6-4-12(19)20)5-3-11(18)17-13(14)21/h1-2,7H,3-6H2,(H,19,20)(H,17,18,21)/t14-/m1/s1. The van der Waals surface area contributed by atoms with Crippen LogP contribution in [-0.4, -0.2) is 22.9 Å². The van der Waals surface area contributed by atoms with Crippen molar-refractivity contribution in [3.8, 4) is 0 Å². The maximum absolute atomic E-state index is 12.3. The number of amides is 2. The third-order valence-electron chi connectivity index (χ3n) is 3.70. The zero-order valence-electron chi connectivity index (χ0n) is 11.0. The van der Waals surface area contributed by atoms with Crippen LogP contribution in [0.25, 0.3) is 0 Å². The number of piperidine rings is 1. The van der Waals surface area contributed by atoms with E-state index in [2.05, 4.69) is 5.32 Å². The number of carboxylic acids is 1. The molecule has 1 aromatic rings. The molecule has 1 atom stereocenters. The molecule has 7 heteroatoms. The van der Waals surface area contributed by atoms with Crippen LogP contribution in [0, 0.1) is 0 Å². The first kappa shape index (κ1) is 15.8. The molecule has 2 N–H and O–H groups in total. The van der Waals surface area contributed by atoms with E-state index in [9.17, 15) is 14.4 Å². The monoisotopic (exact) mass is 329 g/mol. The van der Waals surface area contributed by atoms with Crippen molar-refractivity contribution in [2.75, 3.05) is 0 Å². The maximum Gasteiger partial charge on any atom is 0.303 e. The lowest BCUT2D eigenvalue weighted by Gasteiger charge is -2.35. The van der Waals surface area contributed by atoms with Gasteiger partial charge in [-0.2, -0.15) is 0 Å². The number of halogens is 2. The Balaban J connectivity index is 2.44. The van der Waals surface area contributed by atoms with Gasteiger partial charge in [-0.15, -0.1) is 0 Å². The largest absolute Gasteiger partial charge is 0.481 e. The highest BCUT2D eigenvalue weighted by atomic mass is 35.5. The Morgan fingerprint density at radius 2 is 2.00 bits per heavy atom. The Bertz CT molecular complexity index is 617. The van der Waals surface area contributed by atoms with Crippen molar-refractivity contribution in [3.63, 3.8) is 0 Å². The molecule has 0 unspecified atom stereocenters. The van der Waals surface area contributed by atoms with Gasteiger partial charge in [-0.05, 0) is 30.5 Å². The molecule has 2 amide bonds. The van der Waals surface area contributed by atoms with E-state index in [1.807, 2.05) is 0 Å². The number of carboxylic acid groups (broad SMARTS) is 1. The summed E-state index contributed by atoms with van der Waals surface area (Å²) in [4.78, 5) is 34.6. The molecule has 1 aliphatic rings. The van der Waals surface area contributed by atoms with E-state index in [4.69, 9.17) is 28.3 Å². The van der Waals surface area contributed by atoms with Crippen LogP contribution in [0.2, 0.25) is 10.0 Å². The lowest BCUT2D eigenvalue weighted by molar-refractivity contribution is -0.139. The summed E-state index contributed by atoms with van der Waals surface area (Å²) in [6.45, 7) is 0. The summed E-state index contributed by atoms with van der Waals surface area (Å²) < 4.78 is 0. The molecule has 0 radical (unpaired) electrons. The van der Waals surface area contributed by atoms with Crippen molar-refractivity contribution in [2.45, 2.75) is 31.1 Å². The number of hydrogen-bond donors (Lipinski definition) is 2. The molecule has 0 aromatic heterocycles. The number of carbonyl (C=O) groups excluding carboxylic acids is 2. The number of rotatable bonds is 4. The summed E-state index contributed by atoms with van der Waals surface area (Å²) in [6.07, 6.45) is 0.329. The lowest BCUT2D eigenvalue weighted by Crippen LogP contribution is -2.51. The second-order valence-electron chi connectivity index (χ2n) is 4.98. The van der Waals surface area contributed by atoms with Crippen molar-refractivity contribution < 1.29 is 19.5 Å². The molecule has 1 aliphatic heterocycles. The highest BCUT2D eigenvalue weighted by molar-refractivity contribution is 6.42. The first-order chi connectivity index (χ1) is 9.85. The molecule has 1 fully saturated rings. The van der Waals surface area contributed by atoms with Gasteiger partial charge in [0.1, 0.15) is 0 Å². The second kappa shape index (κ2) is 6.03. The van der Waals surface area contributed by atoms with Gasteiger partial charge >= 0.3 is 5.97 Å². The van der Waals surface area contributed by atoms with Crippen molar-refractivity contribution in [1.82, 2.24) is 5.32 Å². The van der Waals surface area contributed by atoms with Gasteiger partial charge in [0.25, 0.3) is 0 Å². The molecular weight excluding hydrogens is 317 g/mol. The first-order valence-corrected chi connectivity index (χ1v) is 7.12. The van der Waals surface area contributed by atoms with E-state index in [1.54, 1.807) is 18.2 Å². The normalized spacial score (nSPS) is 22.0. The molecule has 1 heterocycles. The second-order valence-corrected chi connectivity index (χ2v) is 5.80. The summed E-state index contributed by atoms with van der Waals surface area (Å²) in [6, 6.07) is 4.76. The number of nitrogens with one attached hydrogen (secondary N) is 1. The first-order valence-electron chi connectivity index (χ1n) is 6.37. The van der Waals surface area contributed by atoms with Crippen LogP contribution in [0.5, 0.6) is 0 Å². The SMILES string of the molecule is O=C(O)CC[C@@]1(c2ccc(Cl)c(Cl)c2)CCC(=O)NC1=O. The van der Waals surface area contributed by atoms with Crippen LogP contribution in [0.4, 0.5) is 0 Å². The van der Waals surface area contributed by atoms with Gasteiger partial charge in [-0.3, -0.25) is 19.7 Å². The van der Waals surface area contributed by atoms with Gasteiger partial charge in [0.15, 0.2) is 0 Å². The van der Waals surface area contributed by atoms with Crippen molar-refractivity contribution >= 4 is 41.0 Å². The van der Waals surface area contributed by atoms with Gasteiger partial charge in [-0.25, -0.2) is 0 Å². The third-order valence-corrected chi connectivity index (χ3v) is 4.44. The zero-order valence-corrected chi connectivity index (χ0v) is 12.5. The van der Waals surface area contributed by atoms with Gasteiger partial charge in [0, 0.05) is 12.8 Å². The summed E-state index contributed by atoms with van der Waals surface area (Å²) in [5.74, 6) is -1.84. The highest BCUT2D eigenvalue weighted by Crippen LogP contribution is 2.39. The number of carbonyl (C=O) groups is 3. The Hall–Kier alpha value is -1.59. The maximum atomic E-state index is 12.3. The number of benzene rings is 1. The summed E-state index contributed by atoms with van der Waals surface area (Å²) >= 11 is 11.9. The smallest absolute Gasteiger partial charge is 0.303 e. The molecule has 21 heavy (non-hydrogen) atoms. The molecule has 112 valence electrons. The quantitative estimate of drug-likeness (QED) is 0.831. The molecule has 1 aromatic carbocycles. The third kappa shape index (κ3) is 3.19. The Labute approximate surface area is 131 Å². The van der Waals surface area contributed by atoms with Crippen LogP contribution in [0.15, 0.2) is 18.2 Å². The summed E-state index contributed by atoms with van der Waals surface area (Å²) in [5.41, 5.74) is -0.497. The predicted octanol–water partition coefficient (Wildman–Crippen LogP) is 2.53. The van der Waals surface area contributed by atoms with E-state index >= 15 is 0 Å². The zero-order chi connectivity index (χ0) is 15.6. The molecule has 0 bridgehead atoms. The fourth-order valence-corrected chi connectivity index (χ4v) is 2.82. The highest BCUT2D eigenvalue weighted by Gasteiger charge is 2.44. The van der Waals surface area contributed by atoms with Crippen LogP contribution < -0.4 is 5.32 Å². The molecule has 0 saturated carbocycles. The Kier molecular flexibility index (Phi) is 4.54. The van der Waals surface area contributed by atoms with Crippen LogP contribution >= 0.6 is 23.2 Å². The molecule has 0 spiro atoms. The fraction of sp³-hybridized carbons (Fsp3) is 0.357. The Morgan fingerprint density at radius 3 is 2.57 bits per heavy atom. The molecular formula is C14H13Cl2NO4. The van der Waals surface area contributed by atoms with E-state index in [1.165, 1.54) is 0 Å². The van der Waals surface area contributed by atoms with E-state index < -0.39 is 17.3 Å². The van der Waals surface area contributed by atoms with Gasteiger partial charge in [0.2, 0.25) is 11.8 Å². The van der Waals surface area contributed by atoms with E-state index in [-0.39, 0.29) is 36.6 Å². The average molecular weight is 330 g/mol. The number of imide groups is 1. The average Bonchev–Trinajstić information content (AvgIpc) is 2.41. The van der Waals surface area contributed by atoms with Crippen LogP contribution in [-0.2, 0) is 19.8 Å².